The first-order valence-electron chi connectivity index (χ1n) is 9.01. The van der Waals surface area contributed by atoms with Crippen LogP contribution in [0.1, 0.15) is 27.2 Å². The highest BCUT2D eigenvalue weighted by Gasteiger charge is 2.21. The Kier molecular flexibility index (Phi) is 6.19. The molecule has 1 N–H and O–H groups in total. The minimum atomic E-state index is -0.668. The molecule has 0 unspecified atom stereocenters. The second-order valence-corrected chi connectivity index (χ2v) is 6.60. The zero-order valence-electron chi connectivity index (χ0n) is 16.4. The Labute approximate surface area is 167 Å². The standard InChI is InChI=1S/C22H21FN2O4/c1-13-8-9-15(10-17(13)23)24-20(26)12-29-22(27)21-14(2)16-6-4-5-7-18(16)25-19(21)11-28-3/h4-10H,11-12H2,1-3H3,(H,24,26). The number of carbonyl (C=O) groups is 2. The Morgan fingerprint density at radius 1 is 1.14 bits per heavy atom. The van der Waals surface area contributed by atoms with E-state index in [9.17, 15) is 14.0 Å². The van der Waals surface area contributed by atoms with Gasteiger partial charge in [-0.15, -0.1) is 0 Å². The van der Waals surface area contributed by atoms with Gasteiger partial charge in [0.15, 0.2) is 6.61 Å². The summed E-state index contributed by atoms with van der Waals surface area (Å²) in [5, 5.41) is 3.32. The monoisotopic (exact) mass is 396 g/mol. The maximum absolute atomic E-state index is 13.6. The molecule has 0 aliphatic rings. The number of aryl methyl sites for hydroxylation is 2. The van der Waals surface area contributed by atoms with Gasteiger partial charge in [0.05, 0.1) is 23.4 Å². The first kappa shape index (κ1) is 20.4. The van der Waals surface area contributed by atoms with Crippen LogP contribution in [0, 0.1) is 19.7 Å². The van der Waals surface area contributed by atoms with Gasteiger partial charge in [0.2, 0.25) is 0 Å². The highest BCUT2D eigenvalue weighted by molar-refractivity contribution is 6.00. The number of pyridine rings is 1. The fraction of sp³-hybridized carbons (Fsp3) is 0.227. The number of anilines is 1. The zero-order valence-corrected chi connectivity index (χ0v) is 16.4. The van der Waals surface area contributed by atoms with Crippen LogP contribution in [0.5, 0.6) is 0 Å². The number of carbonyl (C=O) groups excluding carboxylic acids is 2. The Morgan fingerprint density at radius 2 is 1.90 bits per heavy atom. The number of rotatable bonds is 6. The molecular weight excluding hydrogens is 375 g/mol. The number of para-hydroxylation sites is 1. The van der Waals surface area contributed by atoms with Gasteiger partial charge in [-0.3, -0.25) is 4.79 Å². The van der Waals surface area contributed by atoms with Gasteiger partial charge in [-0.2, -0.15) is 0 Å². The van der Waals surface area contributed by atoms with E-state index in [1.54, 1.807) is 26.0 Å². The normalized spacial score (nSPS) is 10.8. The van der Waals surface area contributed by atoms with Gasteiger partial charge in [0, 0.05) is 18.2 Å². The lowest BCUT2D eigenvalue weighted by molar-refractivity contribution is -0.119. The van der Waals surface area contributed by atoms with E-state index in [0.29, 0.717) is 16.8 Å². The van der Waals surface area contributed by atoms with Crippen molar-refractivity contribution < 1.29 is 23.5 Å². The molecule has 0 saturated heterocycles. The number of halogens is 1. The van der Waals surface area contributed by atoms with Crippen molar-refractivity contribution in [2.24, 2.45) is 0 Å². The Balaban J connectivity index is 1.76. The lowest BCUT2D eigenvalue weighted by atomic mass is 10.0. The Bertz CT molecular complexity index is 1080. The summed E-state index contributed by atoms with van der Waals surface area (Å²) in [6, 6.07) is 11.8. The number of nitrogens with zero attached hydrogens (tertiary/aromatic N) is 1. The molecule has 3 aromatic rings. The van der Waals surface area contributed by atoms with E-state index in [2.05, 4.69) is 10.3 Å². The van der Waals surface area contributed by atoms with Crippen LogP contribution < -0.4 is 5.32 Å². The number of fused-ring (bicyclic) bond motifs is 1. The van der Waals surface area contributed by atoms with Gasteiger partial charge in [0.25, 0.3) is 5.91 Å². The van der Waals surface area contributed by atoms with Crippen molar-refractivity contribution in [2.45, 2.75) is 20.5 Å². The van der Waals surface area contributed by atoms with Crippen molar-refractivity contribution in [1.29, 1.82) is 0 Å². The Morgan fingerprint density at radius 3 is 2.62 bits per heavy atom. The number of hydrogen-bond acceptors (Lipinski definition) is 5. The molecule has 6 nitrogen and oxygen atoms in total. The number of hydrogen-bond donors (Lipinski definition) is 1. The zero-order chi connectivity index (χ0) is 21.0. The fourth-order valence-electron chi connectivity index (χ4n) is 3.02. The maximum Gasteiger partial charge on any atom is 0.340 e. The number of amides is 1. The minimum absolute atomic E-state index is 0.130. The smallest absolute Gasteiger partial charge is 0.340 e. The predicted molar refractivity (Wildman–Crippen MR) is 107 cm³/mol. The third kappa shape index (κ3) is 4.57. The van der Waals surface area contributed by atoms with Gasteiger partial charge in [0.1, 0.15) is 5.82 Å². The first-order valence-corrected chi connectivity index (χ1v) is 9.01. The molecule has 0 radical (unpaired) electrons. The minimum Gasteiger partial charge on any atom is -0.452 e. The average molecular weight is 396 g/mol. The Hall–Kier alpha value is -3.32. The highest BCUT2D eigenvalue weighted by Crippen LogP contribution is 2.24. The average Bonchev–Trinajstić information content (AvgIpc) is 2.69. The molecular formula is C22H21FN2O4. The molecule has 1 heterocycles. The molecule has 2 aromatic carbocycles. The highest BCUT2D eigenvalue weighted by atomic mass is 19.1. The first-order chi connectivity index (χ1) is 13.9. The fourth-order valence-corrected chi connectivity index (χ4v) is 3.02. The van der Waals surface area contributed by atoms with Crippen molar-refractivity contribution in [3.8, 4) is 0 Å². The number of esters is 1. The van der Waals surface area contributed by atoms with Gasteiger partial charge in [-0.05, 0) is 43.2 Å². The van der Waals surface area contributed by atoms with Crippen LogP contribution in [-0.4, -0.2) is 30.6 Å². The number of aromatic nitrogens is 1. The lowest BCUT2D eigenvalue weighted by Gasteiger charge is -2.14. The second-order valence-electron chi connectivity index (χ2n) is 6.60. The summed E-state index contributed by atoms with van der Waals surface area (Å²) in [6.07, 6.45) is 0. The van der Waals surface area contributed by atoms with Crippen LogP contribution in [0.4, 0.5) is 10.1 Å². The van der Waals surface area contributed by atoms with E-state index in [4.69, 9.17) is 9.47 Å². The number of benzene rings is 2. The predicted octanol–water partition coefficient (Wildman–Crippen LogP) is 3.93. The van der Waals surface area contributed by atoms with E-state index < -0.39 is 24.3 Å². The SMILES string of the molecule is COCc1nc2ccccc2c(C)c1C(=O)OCC(=O)Nc1ccc(C)c(F)c1. The van der Waals surface area contributed by atoms with Crippen LogP contribution >= 0.6 is 0 Å². The molecule has 0 spiro atoms. The lowest BCUT2D eigenvalue weighted by Crippen LogP contribution is -2.22. The van der Waals surface area contributed by atoms with Crippen molar-refractivity contribution >= 4 is 28.5 Å². The van der Waals surface area contributed by atoms with E-state index in [-0.39, 0.29) is 17.9 Å². The van der Waals surface area contributed by atoms with Gasteiger partial charge >= 0.3 is 5.97 Å². The van der Waals surface area contributed by atoms with Gasteiger partial charge in [-0.1, -0.05) is 24.3 Å². The third-order valence-electron chi connectivity index (χ3n) is 4.50. The van der Waals surface area contributed by atoms with Crippen LogP contribution in [0.15, 0.2) is 42.5 Å². The molecule has 0 fully saturated rings. The van der Waals surface area contributed by atoms with Crippen molar-refractivity contribution in [2.75, 3.05) is 19.0 Å². The summed E-state index contributed by atoms with van der Waals surface area (Å²) < 4.78 is 24.0. The molecule has 0 atom stereocenters. The molecule has 29 heavy (non-hydrogen) atoms. The molecule has 0 aliphatic heterocycles. The molecule has 0 saturated carbocycles. The summed E-state index contributed by atoms with van der Waals surface area (Å²) in [6.45, 7) is 3.05. The van der Waals surface area contributed by atoms with Crippen molar-refractivity contribution in [1.82, 2.24) is 4.98 Å². The summed E-state index contributed by atoms with van der Waals surface area (Å²) in [7, 11) is 1.51. The molecule has 7 heteroatoms. The maximum atomic E-state index is 13.6. The van der Waals surface area contributed by atoms with Crippen molar-refractivity contribution in [3.63, 3.8) is 0 Å². The topological polar surface area (TPSA) is 77.5 Å². The van der Waals surface area contributed by atoms with E-state index in [1.165, 1.54) is 13.2 Å². The van der Waals surface area contributed by atoms with Gasteiger partial charge in [-0.25, -0.2) is 14.2 Å². The summed E-state index contributed by atoms with van der Waals surface area (Å²) in [4.78, 5) is 29.3. The molecule has 150 valence electrons. The summed E-state index contributed by atoms with van der Waals surface area (Å²) in [5.41, 5.74) is 2.92. The summed E-state index contributed by atoms with van der Waals surface area (Å²) in [5.74, 6) is -1.67. The molecule has 0 aliphatic carbocycles. The van der Waals surface area contributed by atoms with E-state index in [0.717, 1.165) is 10.9 Å². The van der Waals surface area contributed by atoms with Crippen LogP contribution in [0.2, 0.25) is 0 Å². The van der Waals surface area contributed by atoms with Gasteiger partial charge < -0.3 is 14.8 Å². The molecule has 1 aromatic heterocycles. The van der Waals surface area contributed by atoms with Crippen LogP contribution in [0.3, 0.4) is 0 Å². The van der Waals surface area contributed by atoms with Crippen molar-refractivity contribution in [3.05, 3.63) is 70.7 Å². The second kappa shape index (κ2) is 8.79. The molecule has 3 rings (SSSR count). The third-order valence-corrected chi connectivity index (χ3v) is 4.50. The number of ether oxygens (including phenoxy) is 2. The van der Waals surface area contributed by atoms with E-state index >= 15 is 0 Å². The largest absolute Gasteiger partial charge is 0.452 e. The quantitative estimate of drug-likeness (QED) is 0.639. The number of nitrogens with one attached hydrogen (secondary N) is 1. The van der Waals surface area contributed by atoms with E-state index in [1.807, 2.05) is 24.3 Å². The summed E-state index contributed by atoms with van der Waals surface area (Å²) >= 11 is 0. The van der Waals surface area contributed by atoms with Crippen LogP contribution in [0.25, 0.3) is 10.9 Å². The molecule has 0 bridgehead atoms. The molecule has 1 amide bonds. The van der Waals surface area contributed by atoms with Crippen LogP contribution in [-0.2, 0) is 20.9 Å². The number of methoxy groups -OCH3 is 1.